The Morgan fingerprint density at radius 3 is 2.55 bits per heavy atom. The van der Waals surface area contributed by atoms with Gasteiger partial charge in [0.15, 0.2) is 11.9 Å². The zero-order chi connectivity index (χ0) is 21.8. The highest BCUT2D eigenvalue weighted by Gasteiger charge is 2.32. The summed E-state index contributed by atoms with van der Waals surface area (Å²) < 4.78 is 10.6. The molecule has 3 aromatic rings. The third kappa shape index (κ3) is 4.58. The van der Waals surface area contributed by atoms with Crippen LogP contribution >= 0.6 is 0 Å². The van der Waals surface area contributed by atoms with Crippen molar-refractivity contribution < 1.29 is 23.5 Å². The van der Waals surface area contributed by atoms with Gasteiger partial charge in [-0.05, 0) is 48.9 Å². The lowest BCUT2D eigenvalue weighted by Crippen LogP contribution is -2.48. The molecule has 0 bridgehead atoms. The second-order valence-electron chi connectivity index (χ2n) is 7.06. The molecular weight excluding hydrogens is 398 g/mol. The van der Waals surface area contributed by atoms with Crippen molar-refractivity contribution >= 4 is 29.1 Å². The molecule has 0 spiro atoms. The number of fused-ring (bicyclic) bond motifs is 1. The maximum atomic E-state index is 12.5. The summed E-state index contributed by atoms with van der Waals surface area (Å²) in [7, 11) is 0. The molecule has 1 aromatic heterocycles. The molecule has 4 rings (SSSR count). The van der Waals surface area contributed by atoms with Crippen LogP contribution in [0.25, 0.3) is 0 Å². The molecule has 8 heteroatoms. The van der Waals surface area contributed by atoms with E-state index in [1.807, 2.05) is 6.07 Å². The number of hydrogen-bond acceptors (Lipinski definition) is 5. The van der Waals surface area contributed by atoms with Crippen LogP contribution in [0.5, 0.6) is 5.75 Å². The van der Waals surface area contributed by atoms with E-state index in [-0.39, 0.29) is 30.0 Å². The second kappa shape index (κ2) is 8.74. The molecular formula is C23H21N3O5. The second-order valence-corrected chi connectivity index (χ2v) is 7.06. The minimum absolute atomic E-state index is 0.0964. The van der Waals surface area contributed by atoms with Crippen LogP contribution in [0, 0.1) is 0 Å². The SMILES string of the molecule is CC1Oc2ccccc2N(CC(=O)NCc2ccc(NC(=O)c3ccco3)cc2)C1=O. The Morgan fingerprint density at radius 1 is 1.03 bits per heavy atom. The van der Waals surface area contributed by atoms with Crippen LogP contribution in [0.1, 0.15) is 23.0 Å². The van der Waals surface area contributed by atoms with Crippen molar-refractivity contribution in [2.45, 2.75) is 19.6 Å². The van der Waals surface area contributed by atoms with Crippen LogP contribution in [-0.2, 0) is 16.1 Å². The number of nitrogens with one attached hydrogen (secondary N) is 2. The van der Waals surface area contributed by atoms with Crippen molar-refractivity contribution in [1.29, 1.82) is 0 Å². The first-order valence-corrected chi connectivity index (χ1v) is 9.79. The van der Waals surface area contributed by atoms with Crippen molar-refractivity contribution in [3.05, 3.63) is 78.3 Å². The Morgan fingerprint density at radius 2 is 1.81 bits per heavy atom. The van der Waals surface area contributed by atoms with E-state index in [4.69, 9.17) is 9.15 Å². The van der Waals surface area contributed by atoms with Gasteiger partial charge in [-0.2, -0.15) is 0 Å². The zero-order valence-electron chi connectivity index (χ0n) is 16.8. The van der Waals surface area contributed by atoms with Crippen molar-refractivity contribution in [2.24, 2.45) is 0 Å². The Kier molecular flexibility index (Phi) is 5.70. The van der Waals surface area contributed by atoms with Gasteiger partial charge in [-0.3, -0.25) is 19.3 Å². The Labute approximate surface area is 178 Å². The van der Waals surface area contributed by atoms with Crippen molar-refractivity contribution in [2.75, 3.05) is 16.8 Å². The van der Waals surface area contributed by atoms with Crippen LogP contribution in [0.4, 0.5) is 11.4 Å². The number of carbonyl (C=O) groups is 3. The molecule has 0 saturated carbocycles. The molecule has 2 N–H and O–H groups in total. The average Bonchev–Trinajstić information content (AvgIpc) is 3.32. The van der Waals surface area contributed by atoms with Crippen LogP contribution in [0.3, 0.4) is 0 Å². The van der Waals surface area contributed by atoms with E-state index in [9.17, 15) is 14.4 Å². The zero-order valence-corrected chi connectivity index (χ0v) is 16.8. The molecule has 1 atom stereocenters. The Bertz CT molecular complexity index is 1090. The van der Waals surface area contributed by atoms with Crippen molar-refractivity contribution in [3.63, 3.8) is 0 Å². The predicted octanol–water partition coefficient (Wildman–Crippen LogP) is 2.96. The number of ether oxygens (including phenoxy) is 1. The quantitative estimate of drug-likeness (QED) is 0.640. The number of nitrogens with zero attached hydrogens (tertiary/aromatic N) is 1. The van der Waals surface area contributed by atoms with E-state index in [0.29, 0.717) is 23.7 Å². The fourth-order valence-corrected chi connectivity index (χ4v) is 3.23. The summed E-state index contributed by atoms with van der Waals surface area (Å²) in [4.78, 5) is 38.4. The number of amides is 3. The molecule has 8 nitrogen and oxygen atoms in total. The lowest BCUT2D eigenvalue weighted by atomic mass is 10.2. The fraction of sp³-hybridized carbons (Fsp3) is 0.174. The number of furan rings is 1. The first kappa shape index (κ1) is 20.2. The maximum Gasteiger partial charge on any atom is 0.291 e. The highest BCUT2D eigenvalue weighted by Crippen LogP contribution is 2.33. The molecule has 158 valence electrons. The normalized spacial score (nSPS) is 15.1. The van der Waals surface area contributed by atoms with Gasteiger partial charge in [0.25, 0.3) is 11.8 Å². The smallest absolute Gasteiger partial charge is 0.291 e. The molecule has 0 aliphatic carbocycles. The molecule has 0 radical (unpaired) electrons. The topological polar surface area (TPSA) is 101 Å². The molecule has 31 heavy (non-hydrogen) atoms. The number of anilines is 2. The van der Waals surface area contributed by atoms with Crippen LogP contribution in [-0.4, -0.2) is 30.4 Å². The van der Waals surface area contributed by atoms with Crippen LogP contribution < -0.4 is 20.3 Å². The summed E-state index contributed by atoms with van der Waals surface area (Å²) in [6, 6.07) is 17.4. The molecule has 3 amide bonds. The molecule has 2 aromatic carbocycles. The van der Waals surface area contributed by atoms with E-state index in [1.165, 1.54) is 11.2 Å². The van der Waals surface area contributed by atoms with Gasteiger partial charge in [0, 0.05) is 12.2 Å². The summed E-state index contributed by atoms with van der Waals surface area (Å²) in [5.41, 5.74) is 2.05. The molecule has 2 heterocycles. The van der Waals surface area contributed by atoms with Crippen molar-refractivity contribution in [1.82, 2.24) is 5.32 Å². The highest BCUT2D eigenvalue weighted by molar-refractivity contribution is 6.03. The van der Waals surface area contributed by atoms with Gasteiger partial charge in [0.2, 0.25) is 5.91 Å². The maximum absolute atomic E-state index is 12.5. The minimum atomic E-state index is -0.647. The molecule has 1 unspecified atom stereocenters. The third-order valence-electron chi connectivity index (χ3n) is 4.82. The van der Waals surface area contributed by atoms with E-state index >= 15 is 0 Å². The first-order chi connectivity index (χ1) is 15.0. The fourth-order valence-electron chi connectivity index (χ4n) is 3.23. The van der Waals surface area contributed by atoms with E-state index in [0.717, 1.165) is 5.56 Å². The summed E-state index contributed by atoms with van der Waals surface area (Å²) in [6.07, 6.45) is 0.788. The van der Waals surface area contributed by atoms with E-state index < -0.39 is 6.10 Å². The van der Waals surface area contributed by atoms with Gasteiger partial charge in [0.1, 0.15) is 12.3 Å². The number of benzene rings is 2. The lowest BCUT2D eigenvalue weighted by Gasteiger charge is -2.32. The average molecular weight is 419 g/mol. The molecule has 0 fully saturated rings. The predicted molar refractivity (Wildman–Crippen MR) is 114 cm³/mol. The van der Waals surface area contributed by atoms with E-state index in [2.05, 4.69) is 10.6 Å². The van der Waals surface area contributed by atoms with Gasteiger partial charge >= 0.3 is 0 Å². The van der Waals surface area contributed by atoms with Gasteiger partial charge in [-0.1, -0.05) is 24.3 Å². The van der Waals surface area contributed by atoms with Gasteiger partial charge in [-0.25, -0.2) is 0 Å². The monoisotopic (exact) mass is 419 g/mol. The standard InChI is InChI=1S/C23H21N3O5/c1-15-23(29)26(18-5-2-3-6-19(18)31-15)14-21(27)24-13-16-8-10-17(11-9-16)25-22(28)20-7-4-12-30-20/h2-12,15H,13-14H2,1H3,(H,24,27)(H,25,28). The number of carbonyl (C=O) groups excluding carboxylic acids is 3. The van der Waals surface area contributed by atoms with Gasteiger partial charge in [0.05, 0.1) is 12.0 Å². The van der Waals surface area contributed by atoms with Crippen molar-refractivity contribution in [3.8, 4) is 5.75 Å². The van der Waals surface area contributed by atoms with Crippen LogP contribution in [0.2, 0.25) is 0 Å². The number of hydrogen-bond donors (Lipinski definition) is 2. The number of rotatable bonds is 6. The summed E-state index contributed by atoms with van der Waals surface area (Å²) in [6.45, 7) is 1.86. The summed E-state index contributed by atoms with van der Waals surface area (Å²) in [5, 5.41) is 5.55. The van der Waals surface area contributed by atoms with Crippen LogP contribution in [0.15, 0.2) is 71.3 Å². The lowest BCUT2D eigenvalue weighted by molar-refractivity contribution is -0.128. The summed E-state index contributed by atoms with van der Waals surface area (Å²) >= 11 is 0. The highest BCUT2D eigenvalue weighted by atomic mass is 16.5. The third-order valence-corrected chi connectivity index (χ3v) is 4.82. The van der Waals surface area contributed by atoms with Gasteiger partial charge in [-0.15, -0.1) is 0 Å². The first-order valence-electron chi connectivity index (χ1n) is 9.79. The molecule has 0 saturated heterocycles. The van der Waals surface area contributed by atoms with Gasteiger partial charge < -0.3 is 19.8 Å². The van der Waals surface area contributed by atoms with E-state index in [1.54, 1.807) is 61.5 Å². The number of para-hydroxylation sites is 2. The minimum Gasteiger partial charge on any atom is -0.479 e. The molecule has 1 aliphatic rings. The molecule has 1 aliphatic heterocycles. The largest absolute Gasteiger partial charge is 0.479 e. The summed E-state index contributed by atoms with van der Waals surface area (Å²) in [5.74, 6) is -0.0758. The Hall–Kier alpha value is -4.07. The Balaban J connectivity index is 1.33.